The van der Waals surface area contributed by atoms with Crippen molar-refractivity contribution in [2.75, 3.05) is 0 Å². The van der Waals surface area contributed by atoms with E-state index in [1.54, 1.807) is 24.5 Å². The quantitative estimate of drug-likeness (QED) is 0.586. The van der Waals surface area contributed by atoms with E-state index in [0.29, 0.717) is 21.7 Å². The van der Waals surface area contributed by atoms with Gasteiger partial charge in [-0.3, -0.25) is 4.79 Å². The van der Waals surface area contributed by atoms with Crippen molar-refractivity contribution in [3.63, 3.8) is 0 Å². The van der Waals surface area contributed by atoms with Crippen molar-refractivity contribution in [3.8, 4) is 11.1 Å². The maximum atomic E-state index is 11.9. The Bertz CT molecular complexity index is 1140. The summed E-state index contributed by atoms with van der Waals surface area (Å²) in [7, 11) is 0. The molecule has 0 atom stereocenters. The predicted octanol–water partition coefficient (Wildman–Crippen LogP) is 2.65. The summed E-state index contributed by atoms with van der Waals surface area (Å²) in [6.45, 7) is 0.239. The molecule has 0 aliphatic heterocycles. The molecule has 118 valence electrons. The molecule has 0 spiro atoms. The van der Waals surface area contributed by atoms with E-state index in [9.17, 15) is 4.79 Å². The number of nitrogens with one attached hydrogen (secondary N) is 1. The van der Waals surface area contributed by atoms with Crippen LogP contribution in [0, 0.1) is 0 Å². The van der Waals surface area contributed by atoms with Crippen molar-refractivity contribution in [1.82, 2.24) is 20.2 Å². The number of hydrogen-bond donors (Lipinski definition) is 2. The first-order chi connectivity index (χ1) is 11.7. The summed E-state index contributed by atoms with van der Waals surface area (Å²) in [6.07, 6.45) is 3.36. The zero-order valence-electron chi connectivity index (χ0n) is 12.5. The largest absolute Gasteiger partial charge is 0.325 e. The van der Waals surface area contributed by atoms with Gasteiger partial charge >= 0.3 is 0 Å². The molecule has 3 N–H and O–H groups in total. The Morgan fingerprint density at radius 3 is 2.71 bits per heavy atom. The van der Waals surface area contributed by atoms with Gasteiger partial charge in [0.1, 0.15) is 0 Å². The summed E-state index contributed by atoms with van der Waals surface area (Å²) in [5, 5.41) is 9.14. The number of pyridine rings is 2. The van der Waals surface area contributed by atoms with Gasteiger partial charge in [-0.05, 0) is 29.8 Å². The zero-order valence-corrected chi connectivity index (χ0v) is 13.2. The molecule has 3 aromatic heterocycles. The third kappa shape index (κ3) is 2.33. The third-order valence-corrected chi connectivity index (χ3v) is 4.27. The van der Waals surface area contributed by atoms with Crippen molar-refractivity contribution in [2.24, 2.45) is 5.73 Å². The van der Waals surface area contributed by atoms with Crippen LogP contribution in [-0.4, -0.2) is 20.2 Å². The molecule has 0 aliphatic rings. The first kappa shape index (κ1) is 14.7. The first-order valence-electron chi connectivity index (χ1n) is 7.29. The summed E-state index contributed by atoms with van der Waals surface area (Å²) in [5.41, 5.74) is 8.50. The van der Waals surface area contributed by atoms with Crippen LogP contribution in [-0.2, 0) is 6.54 Å². The van der Waals surface area contributed by atoms with Gasteiger partial charge in [0.05, 0.1) is 16.1 Å². The van der Waals surface area contributed by atoms with Gasteiger partial charge in [0.2, 0.25) is 0 Å². The number of benzene rings is 1. The Balaban J connectivity index is 1.96. The van der Waals surface area contributed by atoms with Crippen LogP contribution in [0.1, 0.15) is 5.69 Å². The Morgan fingerprint density at radius 1 is 1.04 bits per heavy atom. The molecule has 0 fully saturated rings. The van der Waals surface area contributed by atoms with E-state index >= 15 is 0 Å². The fraction of sp³-hybridized carbons (Fsp3) is 0.0588. The summed E-state index contributed by atoms with van der Waals surface area (Å²) >= 11 is 6.23. The van der Waals surface area contributed by atoms with Gasteiger partial charge in [-0.15, -0.1) is 0 Å². The average molecular weight is 338 g/mol. The number of hydrogen-bond acceptors (Lipinski definition) is 5. The molecule has 0 saturated heterocycles. The Morgan fingerprint density at radius 2 is 1.88 bits per heavy atom. The Kier molecular flexibility index (Phi) is 3.48. The van der Waals surface area contributed by atoms with Crippen LogP contribution in [0.2, 0.25) is 5.02 Å². The molecule has 0 saturated carbocycles. The molecule has 4 aromatic rings. The lowest BCUT2D eigenvalue weighted by molar-refractivity contribution is 0.900. The standard InChI is InChI=1S/C17H12ClN5O/c18-14-3-4-20-16-13(14)6-10(8-21-16)9-1-2-11-12(5-9)15(7-19)22-23-17(11)24/h1-6,8H,7,19H2,(H,23,24). The van der Waals surface area contributed by atoms with Crippen LogP contribution in [0.25, 0.3) is 32.9 Å². The molecule has 0 bridgehead atoms. The van der Waals surface area contributed by atoms with E-state index in [-0.39, 0.29) is 12.1 Å². The van der Waals surface area contributed by atoms with Crippen molar-refractivity contribution in [1.29, 1.82) is 0 Å². The van der Waals surface area contributed by atoms with Crippen LogP contribution < -0.4 is 11.3 Å². The van der Waals surface area contributed by atoms with Crippen LogP contribution >= 0.6 is 11.6 Å². The van der Waals surface area contributed by atoms with Gasteiger partial charge in [-0.1, -0.05) is 17.7 Å². The molecule has 3 heterocycles. The van der Waals surface area contributed by atoms with E-state index in [0.717, 1.165) is 21.9 Å². The normalized spacial score (nSPS) is 11.2. The molecule has 0 unspecified atom stereocenters. The van der Waals surface area contributed by atoms with Gasteiger partial charge < -0.3 is 5.73 Å². The highest BCUT2D eigenvalue weighted by atomic mass is 35.5. The van der Waals surface area contributed by atoms with Crippen molar-refractivity contribution < 1.29 is 0 Å². The van der Waals surface area contributed by atoms with E-state index < -0.39 is 0 Å². The van der Waals surface area contributed by atoms with Crippen LogP contribution in [0.15, 0.2) is 47.5 Å². The topological polar surface area (TPSA) is 97.5 Å². The molecule has 7 heteroatoms. The fourth-order valence-corrected chi connectivity index (χ4v) is 2.91. The molecular weight excluding hydrogens is 326 g/mol. The minimum atomic E-state index is -0.238. The van der Waals surface area contributed by atoms with Crippen molar-refractivity contribution in [2.45, 2.75) is 6.54 Å². The van der Waals surface area contributed by atoms with Crippen LogP contribution in [0.5, 0.6) is 0 Å². The summed E-state index contributed by atoms with van der Waals surface area (Å²) in [5.74, 6) is 0. The summed E-state index contributed by atoms with van der Waals surface area (Å²) in [4.78, 5) is 20.5. The SMILES string of the molecule is NCc1n[nH]c(=O)c2ccc(-c3cnc4nccc(Cl)c4c3)cc12. The van der Waals surface area contributed by atoms with Gasteiger partial charge in [0.15, 0.2) is 5.65 Å². The predicted molar refractivity (Wildman–Crippen MR) is 93.8 cm³/mol. The molecule has 0 aliphatic carbocycles. The average Bonchev–Trinajstić information content (AvgIpc) is 2.62. The van der Waals surface area contributed by atoms with Gasteiger partial charge in [-0.2, -0.15) is 5.10 Å². The number of aromatic nitrogens is 4. The second-order valence-electron chi connectivity index (χ2n) is 5.35. The monoisotopic (exact) mass is 337 g/mol. The highest BCUT2D eigenvalue weighted by Crippen LogP contribution is 2.28. The van der Waals surface area contributed by atoms with Crippen molar-refractivity contribution in [3.05, 3.63) is 63.8 Å². The number of H-pyrrole nitrogens is 1. The molecule has 4 rings (SSSR count). The van der Waals surface area contributed by atoms with Gasteiger partial charge in [0, 0.05) is 35.3 Å². The molecule has 24 heavy (non-hydrogen) atoms. The zero-order chi connectivity index (χ0) is 16.7. The van der Waals surface area contributed by atoms with E-state index in [4.69, 9.17) is 17.3 Å². The summed E-state index contributed by atoms with van der Waals surface area (Å²) in [6, 6.07) is 9.19. The van der Waals surface area contributed by atoms with Gasteiger partial charge in [-0.25, -0.2) is 15.1 Å². The number of aromatic amines is 1. The number of halogens is 1. The smallest absolute Gasteiger partial charge is 0.272 e. The molecule has 0 amide bonds. The minimum absolute atomic E-state index is 0.238. The number of nitrogens with two attached hydrogens (primary N) is 1. The highest BCUT2D eigenvalue weighted by molar-refractivity contribution is 6.35. The van der Waals surface area contributed by atoms with Crippen LogP contribution in [0.3, 0.4) is 0 Å². The number of nitrogens with zero attached hydrogens (tertiary/aromatic N) is 3. The number of fused-ring (bicyclic) bond motifs is 2. The fourth-order valence-electron chi connectivity index (χ4n) is 2.71. The minimum Gasteiger partial charge on any atom is -0.325 e. The summed E-state index contributed by atoms with van der Waals surface area (Å²) < 4.78 is 0. The molecule has 6 nitrogen and oxygen atoms in total. The second-order valence-corrected chi connectivity index (χ2v) is 5.76. The maximum Gasteiger partial charge on any atom is 0.272 e. The lowest BCUT2D eigenvalue weighted by atomic mass is 10.0. The second kappa shape index (κ2) is 5.67. The highest BCUT2D eigenvalue weighted by Gasteiger charge is 2.09. The maximum absolute atomic E-state index is 11.9. The van der Waals surface area contributed by atoms with E-state index in [1.165, 1.54) is 0 Å². The van der Waals surface area contributed by atoms with Crippen LogP contribution in [0.4, 0.5) is 0 Å². The first-order valence-corrected chi connectivity index (χ1v) is 7.67. The van der Waals surface area contributed by atoms with Gasteiger partial charge in [0.25, 0.3) is 5.56 Å². The number of rotatable bonds is 2. The van der Waals surface area contributed by atoms with Crippen molar-refractivity contribution >= 4 is 33.4 Å². The van der Waals surface area contributed by atoms with E-state index in [1.807, 2.05) is 18.2 Å². The third-order valence-electron chi connectivity index (χ3n) is 3.94. The molecular formula is C17H12ClN5O. The lowest BCUT2D eigenvalue weighted by Gasteiger charge is -2.07. The Hall–Kier alpha value is -2.83. The molecule has 0 radical (unpaired) electrons. The lowest BCUT2D eigenvalue weighted by Crippen LogP contribution is -2.13. The Labute approximate surface area is 141 Å². The van der Waals surface area contributed by atoms with E-state index in [2.05, 4.69) is 20.2 Å². The molecule has 1 aromatic carbocycles.